The van der Waals surface area contributed by atoms with E-state index in [0.717, 1.165) is 66.1 Å². The Morgan fingerprint density at radius 3 is 0.607 bits per heavy atom. The molecule has 8 rings (SSSR count). The molecule has 56 heavy (non-hydrogen) atoms. The maximum absolute atomic E-state index is 5.77. The molecule has 4 aromatic heterocycles. The average Bonchev–Trinajstić information content (AvgIpc) is 3.24. The fraction of sp³-hybridized carbons (Fsp3) is 0. The molecular weight excluding hydrogens is 782 g/mol. The van der Waals surface area contributed by atoms with Gasteiger partial charge < -0.3 is 21.3 Å². The van der Waals surface area contributed by atoms with E-state index in [2.05, 4.69) is 41.2 Å². The Labute approximate surface area is 346 Å². The predicted molar refractivity (Wildman–Crippen MR) is 236 cm³/mol. The molecule has 0 aliphatic heterocycles. The van der Waals surface area contributed by atoms with Crippen LogP contribution >= 0.6 is 46.4 Å². The third-order valence-corrected chi connectivity index (χ3v) is 8.13. The highest BCUT2D eigenvalue weighted by atomic mass is 35.5. The zero-order chi connectivity index (χ0) is 39.2. The van der Waals surface area contributed by atoms with Crippen LogP contribution in [-0.2, 0) is 0 Å². The number of nitrogens with zero attached hydrogens (tertiary/aromatic N) is 4. The molecule has 8 nitrogen and oxygen atoms in total. The highest BCUT2D eigenvalue weighted by molar-refractivity contribution is 6.31. The number of aromatic nitrogens is 4. The van der Waals surface area contributed by atoms with Crippen LogP contribution in [0.25, 0.3) is 0 Å². The molecule has 4 N–H and O–H groups in total. The first kappa shape index (κ1) is 41.0. The summed E-state index contributed by atoms with van der Waals surface area (Å²) in [7, 11) is 0. The Kier molecular flexibility index (Phi) is 16.8. The summed E-state index contributed by atoms with van der Waals surface area (Å²) in [6.07, 6.45) is 6.99. The van der Waals surface area contributed by atoms with Crippen LogP contribution in [0.1, 0.15) is 0 Å². The number of pyridine rings is 4. The maximum atomic E-state index is 5.77. The number of nitrogens with one attached hydrogen (secondary N) is 4. The SMILES string of the molecule is Clc1ccc(Nc2ccccn2)cc1.Clc1ccc(Nc2ccccn2)cc1.Clc1ccc(Nc2ccccn2)cc1.Clc1ccc(Nc2ccccn2)cc1. The first-order valence-corrected chi connectivity index (χ1v) is 18.6. The summed E-state index contributed by atoms with van der Waals surface area (Å²) in [5.41, 5.74) is 3.92. The quantitative estimate of drug-likeness (QED) is 0.120. The number of rotatable bonds is 8. The lowest BCUT2D eigenvalue weighted by Crippen LogP contribution is -1.91. The lowest BCUT2D eigenvalue weighted by Gasteiger charge is -2.04. The van der Waals surface area contributed by atoms with Crippen LogP contribution < -0.4 is 21.3 Å². The summed E-state index contributed by atoms with van der Waals surface area (Å²) in [4.78, 5) is 16.6. The third kappa shape index (κ3) is 15.7. The normalized spacial score (nSPS) is 9.79. The van der Waals surface area contributed by atoms with Crippen molar-refractivity contribution in [2.45, 2.75) is 0 Å². The van der Waals surface area contributed by atoms with Gasteiger partial charge in [-0.1, -0.05) is 70.7 Å². The van der Waals surface area contributed by atoms with Gasteiger partial charge in [0.15, 0.2) is 0 Å². The summed E-state index contributed by atoms with van der Waals surface area (Å²) in [6.45, 7) is 0. The van der Waals surface area contributed by atoms with Crippen molar-refractivity contribution in [1.29, 1.82) is 0 Å². The van der Waals surface area contributed by atoms with E-state index in [1.165, 1.54) is 0 Å². The van der Waals surface area contributed by atoms with Crippen molar-refractivity contribution in [3.63, 3.8) is 0 Å². The first-order chi connectivity index (χ1) is 27.4. The zero-order valence-electron chi connectivity index (χ0n) is 29.8. The molecule has 4 heterocycles. The molecule has 0 unspecified atom stereocenters. The highest BCUT2D eigenvalue weighted by Gasteiger charge is 1.97. The smallest absolute Gasteiger partial charge is 0.130 e. The standard InChI is InChI=1S/4C11H9ClN2/c4*12-9-4-6-10(7-5-9)14-11-3-1-2-8-13-11/h4*1-8H,(H,13,14). The minimum Gasteiger partial charge on any atom is -0.340 e. The summed E-state index contributed by atoms with van der Waals surface area (Å²) in [6, 6.07) is 52.9. The summed E-state index contributed by atoms with van der Waals surface area (Å²) in [5.74, 6) is 3.31. The summed E-state index contributed by atoms with van der Waals surface area (Å²) in [5, 5.41) is 15.6. The molecule has 0 aliphatic carbocycles. The molecule has 8 aromatic rings. The van der Waals surface area contributed by atoms with Crippen molar-refractivity contribution in [1.82, 2.24) is 19.9 Å². The molecule has 0 amide bonds. The minimum atomic E-state index is 0.733. The van der Waals surface area contributed by atoms with E-state index in [4.69, 9.17) is 46.4 Å². The molecule has 0 atom stereocenters. The van der Waals surface area contributed by atoms with E-state index in [-0.39, 0.29) is 0 Å². The van der Waals surface area contributed by atoms with Crippen molar-refractivity contribution in [3.8, 4) is 0 Å². The number of hydrogen-bond acceptors (Lipinski definition) is 8. The lowest BCUT2D eigenvalue weighted by molar-refractivity contribution is 1.31. The Hall–Kier alpha value is -6.16. The second-order valence-electron chi connectivity index (χ2n) is 11.4. The van der Waals surface area contributed by atoms with Gasteiger partial charge >= 0.3 is 0 Å². The Morgan fingerprint density at radius 1 is 0.250 bits per heavy atom. The molecule has 280 valence electrons. The maximum Gasteiger partial charge on any atom is 0.130 e. The van der Waals surface area contributed by atoms with Gasteiger partial charge in [-0.05, 0) is 146 Å². The van der Waals surface area contributed by atoms with Crippen molar-refractivity contribution in [2.75, 3.05) is 21.3 Å². The van der Waals surface area contributed by atoms with Crippen molar-refractivity contribution in [3.05, 3.63) is 215 Å². The van der Waals surface area contributed by atoms with Crippen LogP contribution in [-0.4, -0.2) is 19.9 Å². The van der Waals surface area contributed by atoms with Gasteiger partial charge in [-0.3, -0.25) is 0 Å². The fourth-order valence-electron chi connectivity index (χ4n) is 4.47. The van der Waals surface area contributed by atoms with Gasteiger partial charge in [-0.15, -0.1) is 0 Å². The van der Waals surface area contributed by atoms with E-state index in [9.17, 15) is 0 Å². The molecule has 0 spiro atoms. The van der Waals surface area contributed by atoms with E-state index >= 15 is 0 Å². The van der Waals surface area contributed by atoms with Gasteiger partial charge in [-0.2, -0.15) is 0 Å². The topological polar surface area (TPSA) is 99.7 Å². The van der Waals surface area contributed by atoms with Gasteiger partial charge in [0, 0.05) is 67.6 Å². The van der Waals surface area contributed by atoms with Crippen molar-refractivity contribution < 1.29 is 0 Å². The molecule has 0 saturated heterocycles. The third-order valence-electron chi connectivity index (χ3n) is 7.13. The fourth-order valence-corrected chi connectivity index (χ4v) is 4.98. The molecule has 12 heteroatoms. The zero-order valence-corrected chi connectivity index (χ0v) is 32.8. The second-order valence-corrected chi connectivity index (χ2v) is 13.1. The summed E-state index contributed by atoms with van der Waals surface area (Å²) >= 11 is 23.1. The predicted octanol–water partition coefficient (Wildman–Crippen LogP) is 13.9. The molecule has 0 saturated carbocycles. The largest absolute Gasteiger partial charge is 0.340 e. The highest BCUT2D eigenvalue weighted by Crippen LogP contribution is 2.20. The van der Waals surface area contributed by atoms with Crippen molar-refractivity contribution in [2.24, 2.45) is 0 Å². The molecule has 0 radical (unpaired) electrons. The Balaban J connectivity index is 0.000000143. The van der Waals surface area contributed by atoms with E-state index in [1.807, 2.05) is 170 Å². The van der Waals surface area contributed by atoms with Crippen LogP contribution in [0.15, 0.2) is 195 Å². The first-order valence-electron chi connectivity index (χ1n) is 17.1. The molecular formula is C44H36Cl4N8. The van der Waals surface area contributed by atoms with Crippen LogP contribution in [0.3, 0.4) is 0 Å². The number of hydrogen-bond donors (Lipinski definition) is 4. The van der Waals surface area contributed by atoms with Crippen LogP contribution in [0.2, 0.25) is 20.1 Å². The van der Waals surface area contributed by atoms with Gasteiger partial charge in [0.05, 0.1) is 0 Å². The molecule has 0 aliphatic rings. The van der Waals surface area contributed by atoms with Crippen LogP contribution in [0.4, 0.5) is 46.0 Å². The number of halogens is 4. The molecule has 0 fully saturated rings. The Bertz CT molecular complexity index is 1920. The van der Waals surface area contributed by atoms with Crippen molar-refractivity contribution >= 4 is 92.4 Å². The monoisotopic (exact) mass is 816 g/mol. The van der Waals surface area contributed by atoms with Gasteiger partial charge in [0.25, 0.3) is 0 Å². The molecule has 4 aromatic carbocycles. The van der Waals surface area contributed by atoms with Gasteiger partial charge in [0.1, 0.15) is 23.3 Å². The van der Waals surface area contributed by atoms with E-state index < -0.39 is 0 Å². The van der Waals surface area contributed by atoms with Gasteiger partial charge in [-0.25, -0.2) is 19.9 Å². The number of anilines is 8. The van der Waals surface area contributed by atoms with E-state index in [0.29, 0.717) is 0 Å². The van der Waals surface area contributed by atoms with E-state index in [1.54, 1.807) is 24.8 Å². The van der Waals surface area contributed by atoms with Gasteiger partial charge in [0.2, 0.25) is 0 Å². The van der Waals surface area contributed by atoms with Crippen LogP contribution in [0, 0.1) is 0 Å². The Morgan fingerprint density at radius 2 is 0.446 bits per heavy atom. The molecule has 0 bridgehead atoms. The number of benzene rings is 4. The second kappa shape index (κ2) is 22.9. The summed E-state index contributed by atoms with van der Waals surface area (Å²) < 4.78 is 0. The minimum absolute atomic E-state index is 0.733. The average molecular weight is 819 g/mol. The van der Waals surface area contributed by atoms with Crippen LogP contribution in [0.5, 0.6) is 0 Å². The lowest BCUT2D eigenvalue weighted by atomic mass is 10.3.